The van der Waals surface area contributed by atoms with E-state index in [1.54, 1.807) is 0 Å². The molecule has 0 bridgehead atoms. The summed E-state index contributed by atoms with van der Waals surface area (Å²) in [6.07, 6.45) is 7.05. The average Bonchev–Trinajstić information content (AvgIpc) is 2.29. The van der Waals surface area contributed by atoms with Crippen molar-refractivity contribution in [2.24, 2.45) is 5.92 Å². The van der Waals surface area contributed by atoms with Gasteiger partial charge in [-0.1, -0.05) is 12.2 Å². The van der Waals surface area contributed by atoms with E-state index in [-0.39, 0.29) is 24.2 Å². The zero-order valence-electron chi connectivity index (χ0n) is 8.99. The van der Waals surface area contributed by atoms with Crippen LogP contribution in [0.3, 0.4) is 0 Å². The van der Waals surface area contributed by atoms with Crippen LogP contribution in [0.15, 0.2) is 12.2 Å². The number of ether oxygens (including phenoxy) is 1. The van der Waals surface area contributed by atoms with Crippen molar-refractivity contribution in [3.8, 4) is 0 Å². The molecule has 0 aromatic carbocycles. The summed E-state index contributed by atoms with van der Waals surface area (Å²) in [6.45, 7) is 0.367. The largest absolute Gasteiger partial charge is 0.469 e. The molecule has 1 aliphatic carbocycles. The van der Waals surface area contributed by atoms with Gasteiger partial charge in [0.05, 0.1) is 13.5 Å². The standard InChI is InChI=1S/C11H17NO3/c1-15-10(13)7-8-12-11(14)9-5-3-2-4-6-9/h2-3,9H,4-8H2,1H3,(H,12,14). The topological polar surface area (TPSA) is 55.4 Å². The Morgan fingerprint density at radius 1 is 1.47 bits per heavy atom. The number of amides is 1. The Hall–Kier alpha value is -1.32. The van der Waals surface area contributed by atoms with E-state index in [1.807, 2.05) is 6.08 Å². The molecule has 4 heteroatoms. The van der Waals surface area contributed by atoms with E-state index in [4.69, 9.17) is 0 Å². The zero-order valence-corrected chi connectivity index (χ0v) is 8.99. The van der Waals surface area contributed by atoms with Crippen molar-refractivity contribution in [1.29, 1.82) is 0 Å². The number of hydrogen-bond acceptors (Lipinski definition) is 3. The van der Waals surface area contributed by atoms with Crippen molar-refractivity contribution >= 4 is 11.9 Å². The minimum Gasteiger partial charge on any atom is -0.469 e. The van der Waals surface area contributed by atoms with Crippen LogP contribution in [0.5, 0.6) is 0 Å². The van der Waals surface area contributed by atoms with E-state index < -0.39 is 0 Å². The molecule has 0 spiro atoms. The van der Waals surface area contributed by atoms with Gasteiger partial charge in [-0.25, -0.2) is 0 Å². The molecular formula is C11H17NO3. The highest BCUT2D eigenvalue weighted by Crippen LogP contribution is 2.17. The van der Waals surface area contributed by atoms with Gasteiger partial charge in [0.1, 0.15) is 0 Å². The number of carbonyl (C=O) groups excluding carboxylic acids is 2. The lowest BCUT2D eigenvalue weighted by Gasteiger charge is -2.16. The van der Waals surface area contributed by atoms with Gasteiger partial charge in [0.2, 0.25) is 5.91 Å². The summed E-state index contributed by atoms with van der Waals surface area (Å²) in [6, 6.07) is 0. The summed E-state index contributed by atoms with van der Waals surface area (Å²) < 4.78 is 4.48. The van der Waals surface area contributed by atoms with E-state index >= 15 is 0 Å². The van der Waals surface area contributed by atoms with Crippen LogP contribution < -0.4 is 5.32 Å². The van der Waals surface area contributed by atoms with Crippen LogP contribution in [0.1, 0.15) is 25.7 Å². The lowest BCUT2D eigenvalue weighted by atomic mass is 9.94. The Kier molecular flexibility index (Phi) is 4.87. The van der Waals surface area contributed by atoms with E-state index in [1.165, 1.54) is 7.11 Å². The van der Waals surface area contributed by atoms with E-state index in [0.29, 0.717) is 6.54 Å². The molecule has 1 rings (SSSR count). The first-order valence-corrected chi connectivity index (χ1v) is 5.23. The van der Waals surface area contributed by atoms with E-state index in [9.17, 15) is 9.59 Å². The van der Waals surface area contributed by atoms with Gasteiger partial charge in [0, 0.05) is 12.5 Å². The summed E-state index contributed by atoms with van der Waals surface area (Å²) >= 11 is 0. The molecule has 0 saturated heterocycles. The van der Waals surface area contributed by atoms with Crippen LogP contribution in [0.25, 0.3) is 0 Å². The van der Waals surface area contributed by atoms with Gasteiger partial charge in [0.15, 0.2) is 0 Å². The summed E-state index contributed by atoms with van der Waals surface area (Å²) in [5, 5.41) is 2.74. The van der Waals surface area contributed by atoms with Crippen LogP contribution >= 0.6 is 0 Å². The van der Waals surface area contributed by atoms with Gasteiger partial charge in [-0.2, -0.15) is 0 Å². The number of hydrogen-bond donors (Lipinski definition) is 1. The molecule has 4 nitrogen and oxygen atoms in total. The summed E-state index contributed by atoms with van der Waals surface area (Å²) in [4.78, 5) is 22.4. The van der Waals surface area contributed by atoms with Crippen LogP contribution in [-0.4, -0.2) is 25.5 Å². The predicted octanol–water partition coefficient (Wildman–Crippen LogP) is 1.02. The first-order chi connectivity index (χ1) is 7.24. The van der Waals surface area contributed by atoms with Crippen LogP contribution in [0.2, 0.25) is 0 Å². The van der Waals surface area contributed by atoms with Crippen molar-refractivity contribution < 1.29 is 14.3 Å². The average molecular weight is 211 g/mol. The third-order valence-corrected chi connectivity index (χ3v) is 2.50. The third kappa shape index (κ3) is 4.14. The predicted molar refractivity (Wildman–Crippen MR) is 56.1 cm³/mol. The second-order valence-electron chi connectivity index (χ2n) is 3.60. The van der Waals surface area contributed by atoms with Crippen molar-refractivity contribution in [2.75, 3.05) is 13.7 Å². The fraction of sp³-hybridized carbons (Fsp3) is 0.636. The van der Waals surface area contributed by atoms with Gasteiger partial charge >= 0.3 is 5.97 Å². The molecule has 1 atom stereocenters. The lowest BCUT2D eigenvalue weighted by Crippen LogP contribution is -2.32. The van der Waals surface area contributed by atoms with E-state index in [2.05, 4.69) is 16.1 Å². The minimum absolute atomic E-state index is 0.0447. The van der Waals surface area contributed by atoms with Gasteiger partial charge in [0.25, 0.3) is 0 Å². The molecule has 0 aromatic rings. The Labute approximate surface area is 89.7 Å². The fourth-order valence-electron chi connectivity index (χ4n) is 1.57. The fourth-order valence-corrected chi connectivity index (χ4v) is 1.57. The van der Waals surface area contributed by atoms with Crippen LogP contribution in [0.4, 0.5) is 0 Å². The number of rotatable bonds is 4. The highest BCUT2D eigenvalue weighted by molar-refractivity contribution is 5.79. The number of nitrogens with one attached hydrogen (secondary N) is 1. The zero-order chi connectivity index (χ0) is 11.1. The summed E-state index contributed by atoms with van der Waals surface area (Å²) in [7, 11) is 1.34. The molecule has 1 aliphatic rings. The monoisotopic (exact) mass is 211 g/mol. The van der Waals surface area contributed by atoms with Gasteiger partial charge in [-0.3, -0.25) is 9.59 Å². The van der Waals surface area contributed by atoms with Crippen LogP contribution in [0, 0.1) is 5.92 Å². The molecule has 0 heterocycles. The number of carbonyl (C=O) groups is 2. The third-order valence-electron chi connectivity index (χ3n) is 2.50. The molecule has 0 radical (unpaired) electrons. The normalized spacial score (nSPS) is 19.7. The summed E-state index contributed by atoms with van der Waals surface area (Å²) in [5.74, 6) is -0.172. The molecule has 0 fully saturated rings. The maximum atomic E-state index is 11.6. The molecular weight excluding hydrogens is 194 g/mol. The molecule has 0 aliphatic heterocycles. The first kappa shape index (κ1) is 11.8. The second-order valence-corrected chi connectivity index (χ2v) is 3.60. The maximum Gasteiger partial charge on any atom is 0.307 e. The maximum absolute atomic E-state index is 11.6. The second kappa shape index (κ2) is 6.22. The highest BCUT2D eigenvalue weighted by atomic mass is 16.5. The Morgan fingerprint density at radius 3 is 2.87 bits per heavy atom. The quantitative estimate of drug-likeness (QED) is 0.558. The van der Waals surface area contributed by atoms with Crippen molar-refractivity contribution in [3.63, 3.8) is 0 Å². The van der Waals surface area contributed by atoms with Gasteiger partial charge in [-0.05, 0) is 19.3 Å². The van der Waals surface area contributed by atoms with Crippen molar-refractivity contribution in [2.45, 2.75) is 25.7 Å². The Morgan fingerprint density at radius 2 is 2.27 bits per heavy atom. The molecule has 1 N–H and O–H groups in total. The minimum atomic E-state index is -0.293. The molecule has 1 unspecified atom stereocenters. The SMILES string of the molecule is COC(=O)CCNC(=O)C1CC=CCC1. The first-order valence-electron chi connectivity index (χ1n) is 5.23. The van der Waals surface area contributed by atoms with Gasteiger partial charge < -0.3 is 10.1 Å². The van der Waals surface area contributed by atoms with Gasteiger partial charge in [-0.15, -0.1) is 0 Å². The smallest absolute Gasteiger partial charge is 0.307 e. The molecule has 15 heavy (non-hydrogen) atoms. The molecule has 1 amide bonds. The molecule has 84 valence electrons. The van der Waals surface area contributed by atoms with Crippen molar-refractivity contribution in [3.05, 3.63) is 12.2 Å². The molecule has 0 saturated carbocycles. The van der Waals surface area contributed by atoms with E-state index in [0.717, 1.165) is 19.3 Å². The lowest BCUT2D eigenvalue weighted by molar-refractivity contribution is -0.140. The number of allylic oxidation sites excluding steroid dienone is 2. The Balaban J connectivity index is 2.18. The Bertz CT molecular complexity index is 261. The summed E-state index contributed by atoms with van der Waals surface area (Å²) in [5.41, 5.74) is 0. The number of methoxy groups -OCH3 is 1. The highest BCUT2D eigenvalue weighted by Gasteiger charge is 2.18. The van der Waals surface area contributed by atoms with Crippen molar-refractivity contribution in [1.82, 2.24) is 5.32 Å². The van der Waals surface area contributed by atoms with Crippen LogP contribution in [-0.2, 0) is 14.3 Å². The molecule has 0 aromatic heterocycles. The number of esters is 1.